The summed E-state index contributed by atoms with van der Waals surface area (Å²) < 4.78 is 0. The number of allylic oxidation sites excluding steroid dienone is 2. The number of hydrogen-bond acceptors (Lipinski definition) is 2. The molecule has 0 saturated carbocycles. The third-order valence-electron chi connectivity index (χ3n) is 3.88. The Bertz CT molecular complexity index is 560. The first kappa shape index (κ1) is 12.8. The Hall–Kier alpha value is -1.25. The maximum absolute atomic E-state index is 6.48. The first-order valence-corrected chi connectivity index (χ1v) is 7.12. The van der Waals surface area contributed by atoms with Gasteiger partial charge >= 0.3 is 0 Å². The molecule has 3 rings (SSSR count). The zero-order valence-corrected chi connectivity index (χ0v) is 12.2. The number of nitrogens with zero attached hydrogens (tertiary/aromatic N) is 2. The van der Waals surface area contributed by atoms with Gasteiger partial charge in [-0.05, 0) is 43.7 Å². The Morgan fingerprint density at radius 3 is 2.84 bits per heavy atom. The molecule has 0 spiro atoms. The van der Waals surface area contributed by atoms with Crippen molar-refractivity contribution in [1.29, 1.82) is 0 Å². The highest BCUT2D eigenvalue weighted by atomic mass is 35.5. The van der Waals surface area contributed by atoms with Gasteiger partial charge in [0.25, 0.3) is 0 Å². The van der Waals surface area contributed by atoms with Crippen molar-refractivity contribution in [1.82, 2.24) is 4.90 Å². The summed E-state index contributed by atoms with van der Waals surface area (Å²) in [5.41, 5.74) is 5.38. The van der Waals surface area contributed by atoms with Crippen LogP contribution in [0.3, 0.4) is 0 Å². The van der Waals surface area contributed by atoms with Crippen molar-refractivity contribution in [3.05, 3.63) is 52.2 Å². The topological polar surface area (TPSA) is 6.48 Å². The fraction of sp³-hybridized carbons (Fsp3) is 0.375. The largest absolute Gasteiger partial charge is 0.342 e. The second-order valence-corrected chi connectivity index (χ2v) is 5.91. The molecular weight excluding hydrogens is 256 g/mol. The van der Waals surface area contributed by atoms with Crippen LogP contribution in [0.5, 0.6) is 0 Å². The fourth-order valence-corrected chi connectivity index (χ4v) is 3.16. The van der Waals surface area contributed by atoms with E-state index in [1.165, 1.54) is 22.4 Å². The lowest BCUT2D eigenvalue weighted by molar-refractivity contribution is 0.313. The predicted octanol–water partition coefficient (Wildman–Crippen LogP) is 3.61. The fourth-order valence-electron chi connectivity index (χ4n) is 2.87. The Kier molecular flexibility index (Phi) is 3.38. The molecule has 2 aliphatic rings. The van der Waals surface area contributed by atoms with E-state index in [-0.39, 0.29) is 0 Å². The maximum Gasteiger partial charge on any atom is 0.0647 e. The SMILES string of the molecule is CC1=CC=CN(c2c(Cl)ccc3c2CN(C)CC3)C1. The van der Waals surface area contributed by atoms with Gasteiger partial charge in [-0.15, -0.1) is 0 Å². The Balaban J connectivity index is 2.05. The van der Waals surface area contributed by atoms with Gasteiger partial charge in [-0.3, -0.25) is 0 Å². The van der Waals surface area contributed by atoms with Crippen molar-refractivity contribution in [3.8, 4) is 0 Å². The van der Waals surface area contributed by atoms with Gasteiger partial charge in [-0.25, -0.2) is 0 Å². The van der Waals surface area contributed by atoms with Crippen molar-refractivity contribution >= 4 is 17.3 Å². The van der Waals surface area contributed by atoms with Gasteiger partial charge in [-0.2, -0.15) is 0 Å². The van der Waals surface area contributed by atoms with Gasteiger partial charge < -0.3 is 9.80 Å². The molecule has 0 atom stereocenters. The van der Waals surface area contributed by atoms with Crippen molar-refractivity contribution in [2.75, 3.05) is 25.0 Å². The minimum atomic E-state index is 0.855. The van der Waals surface area contributed by atoms with Crippen LogP contribution in [0.1, 0.15) is 18.1 Å². The summed E-state index contributed by atoms with van der Waals surface area (Å²) in [4.78, 5) is 4.63. The molecular formula is C16H19ClN2. The van der Waals surface area contributed by atoms with Gasteiger partial charge in [0.1, 0.15) is 0 Å². The summed E-state index contributed by atoms with van der Waals surface area (Å²) in [5, 5.41) is 0.855. The molecule has 100 valence electrons. The number of hydrogen-bond donors (Lipinski definition) is 0. The summed E-state index contributed by atoms with van der Waals surface area (Å²) in [5.74, 6) is 0. The van der Waals surface area contributed by atoms with Crippen molar-refractivity contribution in [2.24, 2.45) is 0 Å². The lowest BCUT2D eigenvalue weighted by atomic mass is 9.97. The van der Waals surface area contributed by atoms with E-state index in [1.54, 1.807) is 0 Å². The van der Waals surface area contributed by atoms with Gasteiger partial charge in [-0.1, -0.05) is 29.3 Å². The molecule has 2 heterocycles. The van der Waals surface area contributed by atoms with Crippen LogP contribution < -0.4 is 4.90 Å². The summed E-state index contributed by atoms with van der Waals surface area (Å²) in [6.07, 6.45) is 7.50. The van der Waals surface area contributed by atoms with E-state index in [4.69, 9.17) is 11.6 Å². The molecule has 1 aromatic carbocycles. The van der Waals surface area contributed by atoms with E-state index < -0.39 is 0 Å². The summed E-state index contributed by atoms with van der Waals surface area (Å²) >= 11 is 6.48. The smallest absolute Gasteiger partial charge is 0.0647 e. The second-order valence-electron chi connectivity index (χ2n) is 5.50. The number of benzene rings is 1. The van der Waals surface area contributed by atoms with Crippen molar-refractivity contribution < 1.29 is 0 Å². The average Bonchev–Trinajstić information content (AvgIpc) is 2.38. The first-order valence-electron chi connectivity index (χ1n) is 6.74. The third kappa shape index (κ3) is 2.43. The van der Waals surface area contributed by atoms with E-state index >= 15 is 0 Å². The third-order valence-corrected chi connectivity index (χ3v) is 4.18. The number of fused-ring (bicyclic) bond motifs is 1. The molecule has 0 bridgehead atoms. The molecule has 0 amide bonds. The number of anilines is 1. The summed E-state index contributed by atoms with van der Waals surface area (Å²) in [6, 6.07) is 4.23. The zero-order chi connectivity index (χ0) is 13.4. The monoisotopic (exact) mass is 274 g/mol. The molecule has 0 saturated heterocycles. The van der Waals surface area contributed by atoms with Crippen LogP contribution in [0.15, 0.2) is 36.1 Å². The van der Waals surface area contributed by atoms with Gasteiger partial charge in [0, 0.05) is 25.8 Å². The molecule has 3 heteroatoms. The molecule has 0 aromatic heterocycles. The molecule has 0 radical (unpaired) electrons. The molecule has 0 N–H and O–H groups in total. The van der Waals surface area contributed by atoms with E-state index in [1.807, 2.05) is 6.07 Å². The molecule has 2 aliphatic heterocycles. The van der Waals surface area contributed by atoms with Crippen LogP contribution in [0, 0.1) is 0 Å². The van der Waals surface area contributed by atoms with Crippen LogP contribution in [0.25, 0.3) is 0 Å². The van der Waals surface area contributed by atoms with Crippen LogP contribution in [-0.4, -0.2) is 25.0 Å². The van der Waals surface area contributed by atoms with Gasteiger partial charge in [0.05, 0.1) is 10.7 Å². The maximum atomic E-state index is 6.48. The quantitative estimate of drug-likeness (QED) is 0.772. The van der Waals surface area contributed by atoms with Gasteiger partial charge in [0.2, 0.25) is 0 Å². The van der Waals surface area contributed by atoms with Crippen LogP contribution in [0.4, 0.5) is 5.69 Å². The molecule has 0 unspecified atom stereocenters. The second kappa shape index (κ2) is 5.03. The Morgan fingerprint density at radius 1 is 1.21 bits per heavy atom. The summed E-state index contributed by atoms with van der Waals surface area (Å²) in [6.45, 7) is 5.20. The average molecular weight is 275 g/mol. The minimum absolute atomic E-state index is 0.855. The van der Waals surface area contributed by atoms with E-state index in [2.05, 4.69) is 48.2 Å². The molecule has 1 aromatic rings. The highest BCUT2D eigenvalue weighted by Gasteiger charge is 2.22. The van der Waals surface area contributed by atoms with E-state index in [0.717, 1.165) is 31.1 Å². The van der Waals surface area contributed by atoms with Crippen molar-refractivity contribution in [3.63, 3.8) is 0 Å². The highest BCUT2D eigenvalue weighted by Crippen LogP contribution is 2.36. The van der Waals surface area contributed by atoms with Crippen LogP contribution >= 0.6 is 11.6 Å². The van der Waals surface area contributed by atoms with Crippen LogP contribution in [0.2, 0.25) is 5.02 Å². The Labute approximate surface area is 120 Å². The number of likely N-dealkylation sites (N-methyl/N-ethyl adjacent to an activating group) is 1. The minimum Gasteiger partial charge on any atom is -0.342 e. The Morgan fingerprint density at radius 2 is 2.05 bits per heavy atom. The number of rotatable bonds is 1. The normalized spacial score (nSPS) is 19.3. The van der Waals surface area contributed by atoms with E-state index in [9.17, 15) is 0 Å². The van der Waals surface area contributed by atoms with Crippen LogP contribution in [-0.2, 0) is 13.0 Å². The first-order chi connectivity index (χ1) is 9.15. The highest BCUT2D eigenvalue weighted by molar-refractivity contribution is 6.33. The zero-order valence-electron chi connectivity index (χ0n) is 11.5. The standard InChI is InChI=1S/C16H19ClN2/c1-12-4-3-8-19(10-12)16-14-11-18(2)9-7-13(14)5-6-15(16)17/h3-6,8H,7,9-11H2,1-2H3. The molecule has 2 nitrogen and oxygen atoms in total. The molecule has 19 heavy (non-hydrogen) atoms. The lowest BCUT2D eigenvalue weighted by Crippen LogP contribution is -2.30. The van der Waals surface area contributed by atoms with Crippen molar-refractivity contribution in [2.45, 2.75) is 19.9 Å². The predicted molar refractivity (Wildman–Crippen MR) is 81.7 cm³/mol. The summed E-state index contributed by atoms with van der Waals surface area (Å²) in [7, 11) is 2.17. The molecule has 0 fully saturated rings. The molecule has 0 aliphatic carbocycles. The van der Waals surface area contributed by atoms with Gasteiger partial charge in [0.15, 0.2) is 0 Å². The lowest BCUT2D eigenvalue weighted by Gasteiger charge is -2.32. The van der Waals surface area contributed by atoms with E-state index in [0.29, 0.717) is 0 Å². The number of halogens is 1.